The fraction of sp³-hybridized carbons (Fsp3) is 0.333. The molecule has 1 rings (SSSR count). The van der Waals surface area contributed by atoms with Crippen molar-refractivity contribution in [3.63, 3.8) is 0 Å². The average Bonchev–Trinajstić information content (AvgIpc) is 2.42. The maximum atomic E-state index is 11.3. The standard InChI is InChI=1S/C12H17N3O4/c13-9(10(16)11(14)17)6-15-12(18)19-7-8-4-2-1-3-5-8/h1-5,9-10,16H,6-7,13H2,(H2,14,17)(H,15,18). The van der Waals surface area contributed by atoms with Crippen LogP contribution >= 0.6 is 0 Å². The molecule has 104 valence electrons. The SMILES string of the molecule is NC(=O)C(O)C(N)CNC(=O)OCc1ccccc1. The van der Waals surface area contributed by atoms with Gasteiger partial charge in [0.05, 0.1) is 6.04 Å². The molecular formula is C12H17N3O4. The van der Waals surface area contributed by atoms with Crippen LogP contribution in [0.5, 0.6) is 0 Å². The van der Waals surface area contributed by atoms with E-state index in [4.69, 9.17) is 16.2 Å². The molecule has 0 fully saturated rings. The first-order valence-corrected chi connectivity index (χ1v) is 5.68. The highest BCUT2D eigenvalue weighted by Gasteiger charge is 2.20. The van der Waals surface area contributed by atoms with Crippen molar-refractivity contribution >= 4 is 12.0 Å². The second-order valence-electron chi connectivity index (χ2n) is 3.95. The van der Waals surface area contributed by atoms with Gasteiger partial charge in [-0.05, 0) is 5.56 Å². The third-order valence-corrected chi connectivity index (χ3v) is 2.39. The quantitative estimate of drug-likeness (QED) is 0.530. The zero-order valence-electron chi connectivity index (χ0n) is 10.3. The molecule has 1 aromatic rings. The normalized spacial score (nSPS) is 13.4. The fourth-order valence-corrected chi connectivity index (χ4v) is 1.30. The molecule has 2 atom stereocenters. The van der Waals surface area contributed by atoms with Gasteiger partial charge in [-0.3, -0.25) is 4.79 Å². The van der Waals surface area contributed by atoms with Gasteiger partial charge in [0.15, 0.2) is 0 Å². The second-order valence-corrected chi connectivity index (χ2v) is 3.95. The number of nitrogens with one attached hydrogen (secondary N) is 1. The van der Waals surface area contributed by atoms with Crippen LogP contribution in [0.2, 0.25) is 0 Å². The summed E-state index contributed by atoms with van der Waals surface area (Å²) in [7, 11) is 0. The third kappa shape index (κ3) is 5.36. The minimum absolute atomic E-state index is 0.113. The highest BCUT2D eigenvalue weighted by atomic mass is 16.5. The van der Waals surface area contributed by atoms with E-state index in [1.54, 1.807) is 0 Å². The number of ether oxygens (including phenoxy) is 1. The van der Waals surface area contributed by atoms with Crippen molar-refractivity contribution in [2.24, 2.45) is 11.5 Å². The van der Waals surface area contributed by atoms with Gasteiger partial charge in [0.2, 0.25) is 5.91 Å². The number of hydrogen-bond donors (Lipinski definition) is 4. The molecule has 0 heterocycles. The third-order valence-electron chi connectivity index (χ3n) is 2.39. The summed E-state index contributed by atoms with van der Waals surface area (Å²) in [6, 6.07) is 8.17. The van der Waals surface area contributed by atoms with E-state index in [0.717, 1.165) is 5.56 Å². The number of carbonyl (C=O) groups excluding carboxylic acids is 2. The number of carbonyl (C=O) groups is 2. The van der Waals surface area contributed by atoms with Crippen LogP contribution in [0, 0.1) is 0 Å². The van der Waals surface area contributed by atoms with E-state index in [1.165, 1.54) is 0 Å². The van der Waals surface area contributed by atoms with Gasteiger partial charge >= 0.3 is 6.09 Å². The fourth-order valence-electron chi connectivity index (χ4n) is 1.30. The number of benzene rings is 1. The van der Waals surface area contributed by atoms with Gasteiger partial charge in [0.25, 0.3) is 0 Å². The molecule has 0 bridgehead atoms. The summed E-state index contributed by atoms with van der Waals surface area (Å²) in [6.45, 7) is 0.0119. The van der Waals surface area contributed by atoms with Crippen LogP contribution in [0.4, 0.5) is 4.79 Å². The molecular weight excluding hydrogens is 250 g/mol. The van der Waals surface area contributed by atoms with Crippen molar-refractivity contribution in [3.05, 3.63) is 35.9 Å². The molecule has 0 aliphatic carbocycles. The van der Waals surface area contributed by atoms with E-state index < -0.39 is 24.1 Å². The van der Waals surface area contributed by atoms with Crippen molar-refractivity contribution in [2.45, 2.75) is 18.8 Å². The molecule has 7 nitrogen and oxygen atoms in total. The Kier molecular flexibility index (Phi) is 5.77. The molecule has 1 aromatic carbocycles. The average molecular weight is 267 g/mol. The summed E-state index contributed by atoms with van der Waals surface area (Å²) in [5.41, 5.74) is 11.2. The van der Waals surface area contributed by atoms with Crippen molar-refractivity contribution in [1.29, 1.82) is 0 Å². The van der Waals surface area contributed by atoms with Crippen LogP contribution in [-0.2, 0) is 16.1 Å². The molecule has 0 aliphatic heterocycles. The molecule has 19 heavy (non-hydrogen) atoms. The van der Waals surface area contributed by atoms with Crippen LogP contribution in [0.25, 0.3) is 0 Å². The number of amides is 2. The largest absolute Gasteiger partial charge is 0.445 e. The highest BCUT2D eigenvalue weighted by Crippen LogP contribution is 2.00. The van der Waals surface area contributed by atoms with Crippen LogP contribution in [-0.4, -0.2) is 35.8 Å². The summed E-state index contributed by atoms with van der Waals surface area (Å²) < 4.78 is 4.92. The van der Waals surface area contributed by atoms with Crippen molar-refractivity contribution in [3.8, 4) is 0 Å². The van der Waals surface area contributed by atoms with Gasteiger partial charge in [0, 0.05) is 6.54 Å². The lowest BCUT2D eigenvalue weighted by molar-refractivity contribution is -0.126. The van der Waals surface area contributed by atoms with Gasteiger partial charge < -0.3 is 26.6 Å². The van der Waals surface area contributed by atoms with E-state index in [9.17, 15) is 14.7 Å². The molecule has 0 saturated carbocycles. The first-order valence-electron chi connectivity index (χ1n) is 5.68. The first-order chi connectivity index (χ1) is 9.00. The van der Waals surface area contributed by atoms with E-state index in [2.05, 4.69) is 5.32 Å². The smallest absolute Gasteiger partial charge is 0.407 e. The zero-order chi connectivity index (χ0) is 14.3. The van der Waals surface area contributed by atoms with Crippen LogP contribution < -0.4 is 16.8 Å². The summed E-state index contributed by atoms with van der Waals surface area (Å²) in [5, 5.41) is 11.6. The Balaban J connectivity index is 2.27. The molecule has 2 amide bonds. The lowest BCUT2D eigenvalue weighted by atomic mass is 10.1. The van der Waals surface area contributed by atoms with Gasteiger partial charge in [0.1, 0.15) is 12.7 Å². The highest BCUT2D eigenvalue weighted by molar-refractivity contribution is 5.79. The Bertz CT molecular complexity index is 424. The van der Waals surface area contributed by atoms with E-state index in [1.807, 2.05) is 30.3 Å². The Labute approximate surface area is 110 Å². The number of alkyl carbamates (subject to hydrolysis) is 1. The van der Waals surface area contributed by atoms with Crippen molar-refractivity contribution in [1.82, 2.24) is 5.32 Å². The number of rotatable bonds is 6. The molecule has 2 unspecified atom stereocenters. The first kappa shape index (κ1) is 14.9. The van der Waals surface area contributed by atoms with Gasteiger partial charge in [-0.15, -0.1) is 0 Å². The summed E-state index contributed by atoms with van der Waals surface area (Å²) in [6.07, 6.45) is -2.19. The van der Waals surface area contributed by atoms with Crippen LogP contribution in [0.15, 0.2) is 30.3 Å². The topological polar surface area (TPSA) is 128 Å². The number of primary amides is 1. The molecule has 0 spiro atoms. The van der Waals surface area contributed by atoms with Crippen LogP contribution in [0.1, 0.15) is 5.56 Å². The maximum absolute atomic E-state index is 11.3. The Morgan fingerprint density at radius 2 is 1.95 bits per heavy atom. The lowest BCUT2D eigenvalue weighted by Crippen LogP contribution is -2.50. The second kappa shape index (κ2) is 7.34. The number of hydrogen-bond acceptors (Lipinski definition) is 5. The molecule has 0 saturated heterocycles. The minimum atomic E-state index is -1.51. The number of nitrogens with two attached hydrogens (primary N) is 2. The van der Waals surface area contributed by atoms with Crippen LogP contribution in [0.3, 0.4) is 0 Å². The van der Waals surface area contributed by atoms with Gasteiger partial charge in [-0.1, -0.05) is 30.3 Å². The Morgan fingerprint density at radius 1 is 1.32 bits per heavy atom. The molecule has 0 aliphatic rings. The molecule has 0 radical (unpaired) electrons. The lowest BCUT2D eigenvalue weighted by Gasteiger charge is -2.16. The van der Waals surface area contributed by atoms with E-state index >= 15 is 0 Å². The number of aliphatic hydroxyl groups excluding tert-OH is 1. The van der Waals surface area contributed by atoms with Crippen molar-refractivity contribution in [2.75, 3.05) is 6.54 Å². The monoisotopic (exact) mass is 267 g/mol. The molecule has 6 N–H and O–H groups in total. The summed E-state index contributed by atoms with van der Waals surface area (Å²) >= 11 is 0. The molecule has 0 aromatic heterocycles. The van der Waals surface area contributed by atoms with E-state index in [-0.39, 0.29) is 13.2 Å². The Hall–Kier alpha value is -2.12. The van der Waals surface area contributed by atoms with E-state index in [0.29, 0.717) is 0 Å². The van der Waals surface area contributed by atoms with Gasteiger partial charge in [-0.2, -0.15) is 0 Å². The van der Waals surface area contributed by atoms with Crippen molar-refractivity contribution < 1.29 is 19.4 Å². The summed E-state index contributed by atoms with van der Waals surface area (Å²) in [5.74, 6) is -0.938. The predicted octanol–water partition coefficient (Wildman–Crippen LogP) is -0.914. The maximum Gasteiger partial charge on any atom is 0.407 e. The minimum Gasteiger partial charge on any atom is -0.445 e. The Morgan fingerprint density at radius 3 is 2.53 bits per heavy atom. The number of aliphatic hydroxyl groups is 1. The van der Waals surface area contributed by atoms with Gasteiger partial charge in [-0.25, -0.2) is 4.79 Å². The summed E-state index contributed by atoms with van der Waals surface area (Å²) in [4.78, 5) is 22.0. The predicted molar refractivity (Wildman–Crippen MR) is 67.8 cm³/mol. The zero-order valence-corrected chi connectivity index (χ0v) is 10.3. The molecule has 7 heteroatoms.